The van der Waals surface area contributed by atoms with Crippen molar-refractivity contribution in [2.75, 3.05) is 13.1 Å². The first-order chi connectivity index (χ1) is 9.74. The molecule has 0 radical (unpaired) electrons. The van der Waals surface area contributed by atoms with Gasteiger partial charge in [-0.25, -0.2) is 0 Å². The summed E-state index contributed by atoms with van der Waals surface area (Å²) in [4.78, 5) is 18.6. The molecule has 0 N–H and O–H groups in total. The van der Waals surface area contributed by atoms with Crippen LogP contribution in [0.1, 0.15) is 29.6 Å². The molecule has 20 heavy (non-hydrogen) atoms. The standard InChI is InChI=1S/C15H18N4O/c1-18-11-13(10-17-18)14-6-5-12(9-16-14)15(20)19-7-3-2-4-8-19/h5-6,9-11H,2-4,7-8H2,1H3. The van der Waals surface area contributed by atoms with Crippen LogP contribution in [0.5, 0.6) is 0 Å². The number of nitrogens with zero attached hydrogens (tertiary/aromatic N) is 4. The Bertz CT molecular complexity index is 597. The van der Waals surface area contributed by atoms with Gasteiger partial charge in [0.05, 0.1) is 17.5 Å². The van der Waals surface area contributed by atoms with Gasteiger partial charge in [-0.3, -0.25) is 14.5 Å². The molecule has 0 spiro atoms. The molecule has 3 heterocycles. The van der Waals surface area contributed by atoms with Gasteiger partial charge in [0.1, 0.15) is 0 Å². The van der Waals surface area contributed by atoms with E-state index in [1.165, 1.54) is 6.42 Å². The third-order valence-electron chi connectivity index (χ3n) is 3.65. The zero-order chi connectivity index (χ0) is 13.9. The van der Waals surface area contributed by atoms with Crippen molar-refractivity contribution < 1.29 is 4.79 Å². The number of carbonyl (C=O) groups is 1. The van der Waals surface area contributed by atoms with Gasteiger partial charge in [-0.1, -0.05) is 0 Å². The summed E-state index contributed by atoms with van der Waals surface area (Å²) < 4.78 is 1.74. The molecule has 0 aromatic carbocycles. The quantitative estimate of drug-likeness (QED) is 0.839. The van der Waals surface area contributed by atoms with E-state index >= 15 is 0 Å². The fraction of sp³-hybridized carbons (Fsp3) is 0.400. The number of likely N-dealkylation sites (tertiary alicyclic amines) is 1. The maximum absolute atomic E-state index is 12.3. The fourth-order valence-corrected chi connectivity index (χ4v) is 2.52. The summed E-state index contributed by atoms with van der Waals surface area (Å²) in [6.07, 6.45) is 8.78. The second-order valence-corrected chi connectivity index (χ2v) is 5.19. The topological polar surface area (TPSA) is 51.0 Å². The molecule has 1 aliphatic rings. The summed E-state index contributed by atoms with van der Waals surface area (Å²) in [7, 11) is 1.87. The Hall–Kier alpha value is -2.17. The lowest BCUT2D eigenvalue weighted by Crippen LogP contribution is -2.35. The van der Waals surface area contributed by atoms with Gasteiger partial charge in [-0.05, 0) is 31.4 Å². The third-order valence-corrected chi connectivity index (χ3v) is 3.65. The minimum atomic E-state index is 0.0925. The molecule has 104 valence electrons. The van der Waals surface area contributed by atoms with Gasteiger partial charge < -0.3 is 4.90 Å². The van der Waals surface area contributed by atoms with E-state index in [4.69, 9.17) is 0 Å². The maximum atomic E-state index is 12.3. The maximum Gasteiger partial charge on any atom is 0.255 e. The smallest absolute Gasteiger partial charge is 0.255 e. The Morgan fingerprint density at radius 3 is 2.55 bits per heavy atom. The summed E-state index contributed by atoms with van der Waals surface area (Å²) in [6.45, 7) is 1.73. The highest BCUT2D eigenvalue weighted by atomic mass is 16.2. The summed E-state index contributed by atoms with van der Waals surface area (Å²) >= 11 is 0. The van der Waals surface area contributed by atoms with Gasteiger partial charge in [0.25, 0.3) is 5.91 Å². The summed E-state index contributed by atoms with van der Waals surface area (Å²) in [5.74, 6) is 0.0925. The van der Waals surface area contributed by atoms with Crippen LogP contribution in [0.2, 0.25) is 0 Å². The highest BCUT2D eigenvalue weighted by Crippen LogP contribution is 2.17. The van der Waals surface area contributed by atoms with Crippen molar-refractivity contribution in [3.05, 3.63) is 36.3 Å². The lowest BCUT2D eigenvalue weighted by molar-refractivity contribution is 0.0724. The number of rotatable bonds is 2. The van der Waals surface area contributed by atoms with Crippen molar-refractivity contribution in [3.8, 4) is 11.3 Å². The Morgan fingerprint density at radius 2 is 1.95 bits per heavy atom. The number of piperidine rings is 1. The summed E-state index contributed by atoms with van der Waals surface area (Å²) in [5, 5.41) is 4.13. The lowest BCUT2D eigenvalue weighted by Gasteiger charge is -2.26. The lowest BCUT2D eigenvalue weighted by atomic mass is 10.1. The molecule has 0 saturated carbocycles. The Kier molecular flexibility index (Phi) is 3.50. The number of hydrogen-bond acceptors (Lipinski definition) is 3. The molecular weight excluding hydrogens is 252 g/mol. The number of aromatic nitrogens is 3. The van der Waals surface area contributed by atoms with Gasteiger partial charge in [-0.2, -0.15) is 5.10 Å². The SMILES string of the molecule is Cn1cc(-c2ccc(C(=O)N3CCCCC3)cn2)cn1. The Morgan fingerprint density at radius 1 is 1.15 bits per heavy atom. The molecule has 1 aliphatic heterocycles. The predicted octanol–water partition coefficient (Wildman–Crippen LogP) is 2.11. The van der Waals surface area contributed by atoms with Crippen molar-refractivity contribution in [1.29, 1.82) is 0 Å². The molecule has 2 aromatic heterocycles. The van der Waals surface area contributed by atoms with Crippen LogP contribution in [0.4, 0.5) is 0 Å². The average Bonchev–Trinajstić information content (AvgIpc) is 2.94. The zero-order valence-corrected chi connectivity index (χ0v) is 11.6. The van der Waals surface area contributed by atoms with E-state index in [1.54, 1.807) is 17.1 Å². The van der Waals surface area contributed by atoms with Crippen LogP contribution in [0.3, 0.4) is 0 Å². The van der Waals surface area contributed by atoms with E-state index in [9.17, 15) is 4.79 Å². The molecule has 2 aromatic rings. The van der Waals surface area contributed by atoms with Crippen LogP contribution >= 0.6 is 0 Å². The first kappa shape index (κ1) is 12.8. The Labute approximate surface area is 118 Å². The molecule has 0 atom stereocenters. The molecule has 0 unspecified atom stereocenters. The molecule has 1 amide bonds. The van der Waals surface area contributed by atoms with E-state index in [0.29, 0.717) is 5.56 Å². The van der Waals surface area contributed by atoms with Crippen molar-refractivity contribution in [1.82, 2.24) is 19.7 Å². The number of amides is 1. The van der Waals surface area contributed by atoms with E-state index < -0.39 is 0 Å². The van der Waals surface area contributed by atoms with Gasteiger partial charge in [0, 0.05) is 38.1 Å². The molecular formula is C15H18N4O. The Balaban J connectivity index is 1.77. The highest BCUT2D eigenvalue weighted by Gasteiger charge is 2.18. The second-order valence-electron chi connectivity index (χ2n) is 5.19. The molecule has 0 bridgehead atoms. The molecule has 5 heteroatoms. The zero-order valence-electron chi connectivity index (χ0n) is 11.6. The third kappa shape index (κ3) is 2.57. The van der Waals surface area contributed by atoms with Gasteiger partial charge >= 0.3 is 0 Å². The normalized spacial score (nSPS) is 15.3. The van der Waals surface area contributed by atoms with E-state index in [-0.39, 0.29) is 5.91 Å². The van der Waals surface area contributed by atoms with Gasteiger partial charge in [0.15, 0.2) is 0 Å². The van der Waals surface area contributed by atoms with E-state index in [0.717, 1.165) is 37.2 Å². The number of carbonyl (C=O) groups excluding carboxylic acids is 1. The summed E-state index contributed by atoms with van der Waals surface area (Å²) in [5.41, 5.74) is 2.47. The van der Waals surface area contributed by atoms with Crippen LogP contribution in [0, 0.1) is 0 Å². The number of aryl methyl sites for hydroxylation is 1. The average molecular weight is 270 g/mol. The van der Waals surface area contributed by atoms with Crippen LogP contribution < -0.4 is 0 Å². The van der Waals surface area contributed by atoms with Crippen molar-refractivity contribution >= 4 is 5.91 Å². The van der Waals surface area contributed by atoms with Crippen molar-refractivity contribution in [2.45, 2.75) is 19.3 Å². The van der Waals surface area contributed by atoms with Crippen molar-refractivity contribution in [3.63, 3.8) is 0 Å². The predicted molar refractivity (Wildman–Crippen MR) is 76.2 cm³/mol. The molecule has 1 fully saturated rings. The largest absolute Gasteiger partial charge is 0.339 e. The molecule has 3 rings (SSSR count). The second kappa shape index (κ2) is 5.45. The molecule has 5 nitrogen and oxygen atoms in total. The monoisotopic (exact) mass is 270 g/mol. The summed E-state index contributed by atoms with van der Waals surface area (Å²) in [6, 6.07) is 3.74. The first-order valence-corrected chi connectivity index (χ1v) is 6.98. The van der Waals surface area contributed by atoms with Gasteiger partial charge in [-0.15, -0.1) is 0 Å². The molecule has 1 saturated heterocycles. The van der Waals surface area contributed by atoms with Crippen LogP contribution in [0.15, 0.2) is 30.7 Å². The number of hydrogen-bond donors (Lipinski definition) is 0. The minimum absolute atomic E-state index is 0.0925. The van der Waals surface area contributed by atoms with Crippen molar-refractivity contribution in [2.24, 2.45) is 7.05 Å². The fourth-order valence-electron chi connectivity index (χ4n) is 2.52. The van der Waals surface area contributed by atoms with E-state index in [2.05, 4.69) is 10.1 Å². The van der Waals surface area contributed by atoms with E-state index in [1.807, 2.05) is 30.3 Å². The van der Waals surface area contributed by atoms with Crippen LogP contribution in [-0.4, -0.2) is 38.7 Å². The number of pyridine rings is 1. The van der Waals surface area contributed by atoms with Crippen LogP contribution in [0.25, 0.3) is 11.3 Å². The van der Waals surface area contributed by atoms with Gasteiger partial charge in [0.2, 0.25) is 0 Å². The molecule has 0 aliphatic carbocycles. The highest BCUT2D eigenvalue weighted by molar-refractivity contribution is 5.94. The first-order valence-electron chi connectivity index (χ1n) is 6.98. The minimum Gasteiger partial charge on any atom is -0.339 e. The van der Waals surface area contributed by atoms with Crippen LogP contribution in [-0.2, 0) is 7.05 Å².